The lowest BCUT2D eigenvalue weighted by Gasteiger charge is -2.09. The van der Waals surface area contributed by atoms with Gasteiger partial charge in [0, 0.05) is 6.61 Å². The maximum atomic E-state index is 5.69. The van der Waals surface area contributed by atoms with Crippen molar-refractivity contribution < 1.29 is 47.4 Å². The topological polar surface area (TPSA) is 92.3 Å². The van der Waals surface area contributed by atoms with Crippen LogP contribution in [0.4, 0.5) is 0 Å². The summed E-state index contributed by atoms with van der Waals surface area (Å²) in [6, 6.07) is 0. The third-order valence-electron chi connectivity index (χ3n) is 7.73. The fraction of sp³-hybridized carbons (Fsp3) is 0.949. The highest BCUT2D eigenvalue weighted by molar-refractivity contribution is 4.63. The second kappa shape index (κ2) is 47.3. The van der Waals surface area contributed by atoms with Gasteiger partial charge in [0.1, 0.15) is 0 Å². The molecule has 10 heteroatoms. The Morgan fingerprint density at radius 1 is 0.265 bits per heavy atom. The summed E-state index contributed by atoms with van der Waals surface area (Å²) in [4.78, 5) is 0. The van der Waals surface area contributed by atoms with E-state index in [1.165, 1.54) is 96.3 Å². The smallest absolute Gasteiger partial charge is 0.0704 e. The Hall–Kier alpha value is -0.660. The first-order chi connectivity index (χ1) is 24.4. The van der Waals surface area contributed by atoms with Crippen molar-refractivity contribution in [1.29, 1.82) is 0 Å². The van der Waals surface area contributed by atoms with Crippen LogP contribution in [0.2, 0.25) is 0 Å². The van der Waals surface area contributed by atoms with Gasteiger partial charge in [-0.2, -0.15) is 0 Å². The minimum Gasteiger partial charge on any atom is -0.379 e. The summed E-state index contributed by atoms with van der Waals surface area (Å²) in [6.45, 7) is 17.2. The summed E-state index contributed by atoms with van der Waals surface area (Å²) >= 11 is 0. The molecule has 0 aliphatic carbocycles. The molecular formula is C39H78O10. The van der Waals surface area contributed by atoms with Gasteiger partial charge < -0.3 is 47.4 Å². The largest absolute Gasteiger partial charge is 0.379 e. The van der Waals surface area contributed by atoms with Gasteiger partial charge in [-0.15, -0.1) is 6.58 Å². The zero-order valence-corrected chi connectivity index (χ0v) is 31.8. The summed E-state index contributed by atoms with van der Waals surface area (Å²) < 4.78 is 54.8. The van der Waals surface area contributed by atoms with Gasteiger partial charge in [-0.05, 0) is 6.42 Å². The molecule has 0 fully saturated rings. The highest BCUT2D eigenvalue weighted by Crippen LogP contribution is 2.13. The van der Waals surface area contributed by atoms with Crippen molar-refractivity contribution in [2.75, 3.05) is 132 Å². The first-order valence-electron chi connectivity index (χ1n) is 19.8. The van der Waals surface area contributed by atoms with E-state index in [9.17, 15) is 0 Å². The van der Waals surface area contributed by atoms with E-state index in [-0.39, 0.29) is 0 Å². The van der Waals surface area contributed by atoms with Gasteiger partial charge in [-0.1, -0.05) is 109 Å². The summed E-state index contributed by atoms with van der Waals surface area (Å²) in [5, 5.41) is 0. The molecule has 0 saturated heterocycles. The lowest BCUT2D eigenvalue weighted by molar-refractivity contribution is -0.0261. The highest BCUT2D eigenvalue weighted by atomic mass is 16.6. The molecule has 0 heterocycles. The summed E-state index contributed by atoms with van der Waals surface area (Å²) in [5.41, 5.74) is 0. The zero-order valence-electron chi connectivity index (χ0n) is 31.8. The molecule has 0 unspecified atom stereocenters. The van der Waals surface area contributed by atoms with Crippen LogP contribution in [0.1, 0.15) is 110 Å². The average Bonchev–Trinajstić information content (AvgIpc) is 3.11. The second-order valence-corrected chi connectivity index (χ2v) is 12.2. The van der Waals surface area contributed by atoms with Gasteiger partial charge in [0.2, 0.25) is 0 Å². The monoisotopic (exact) mass is 707 g/mol. The first-order valence-corrected chi connectivity index (χ1v) is 19.8. The van der Waals surface area contributed by atoms with Crippen LogP contribution in [0.5, 0.6) is 0 Å². The van der Waals surface area contributed by atoms with Crippen LogP contribution in [-0.4, -0.2) is 132 Å². The third-order valence-corrected chi connectivity index (χ3v) is 7.73. The van der Waals surface area contributed by atoms with Crippen molar-refractivity contribution in [2.45, 2.75) is 110 Å². The van der Waals surface area contributed by atoms with Gasteiger partial charge >= 0.3 is 0 Å². The van der Waals surface area contributed by atoms with Crippen molar-refractivity contribution in [3.63, 3.8) is 0 Å². The lowest BCUT2D eigenvalue weighted by Crippen LogP contribution is -2.15. The molecule has 0 saturated carbocycles. The average molecular weight is 707 g/mol. The molecule has 0 N–H and O–H groups in total. The number of hydrogen-bond donors (Lipinski definition) is 0. The molecule has 49 heavy (non-hydrogen) atoms. The van der Waals surface area contributed by atoms with Crippen molar-refractivity contribution in [3.8, 4) is 0 Å². The molecule has 0 aromatic carbocycles. The van der Waals surface area contributed by atoms with E-state index in [1.54, 1.807) is 6.08 Å². The molecule has 0 aromatic rings. The fourth-order valence-corrected chi connectivity index (χ4v) is 4.90. The summed E-state index contributed by atoms with van der Waals surface area (Å²) in [7, 11) is 0. The van der Waals surface area contributed by atoms with Crippen LogP contribution in [0, 0.1) is 0 Å². The third kappa shape index (κ3) is 47.3. The van der Waals surface area contributed by atoms with Crippen LogP contribution in [0.3, 0.4) is 0 Å². The predicted molar refractivity (Wildman–Crippen MR) is 198 cm³/mol. The molecule has 10 nitrogen and oxygen atoms in total. The minimum atomic E-state index is 0.529. The molecule has 294 valence electrons. The molecule has 0 aliphatic heterocycles. The number of rotatable bonds is 46. The van der Waals surface area contributed by atoms with Crippen LogP contribution in [-0.2, 0) is 47.4 Å². The van der Waals surface area contributed by atoms with Crippen molar-refractivity contribution in [1.82, 2.24) is 0 Å². The lowest BCUT2D eigenvalue weighted by atomic mass is 10.0. The fourth-order valence-electron chi connectivity index (χ4n) is 4.90. The van der Waals surface area contributed by atoms with E-state index in [1.807, 2.05) is 0 Å². The number of hydrogen-bond acceptors (Lipinski definition) is 10. The van der Waals surface area contributed by atoms with Crippen molar-refractivity contribution in [2.24, 2.45) is 0 Å². The van der Waals surface area contributed by atoms with Gasteiger partial charge in [0.25, 0.3) is 0 Å². The molecule has 0 bridgehead atoms. The Morgan fingerprint density at radius 2 is 0.469 bits per heavy atom. The maximum Gasteiger partial charge on any atom is 0.0704 e. The van der Waals surface area contributed by atoms with Gasteiger partial charge in [-0.3, -0.25) is 0 Å². The summed E-state index contributed by atoms with van der Waals surface area (Å²) in [6.07, 6.45) is 23.9. The Kier molecular flexibility index (Phi) is 46.7. The van der Waals surface area contributed by atoms with Crippen LogP contribution in [0.25, 0.3) is 0 Å². The highest BCUT2D eigenvalue weighted by Gasteiger charge is 1.98. The molecule has 0 rings (SSSR count). The molecule has 0 aromatic heterocycles. The van der Waals surface area contributed by atoms with E-state index < -0.39 is 0 Å². The molecule has 0 spiro atoms. The summed E-state index contributed by atoms with van der Waals surface area (Å²) in [5.74, 6) is 0. The molecule has 0 radical (unpaired) electrons. The second-order valence-electron chi connectivity index (χ2n) is 12.2. The Bertz CT molecular complexity index is 584. The number of unbranched alkanes of at least 4 members (excludes halogenated alkanes) is 15. The Labute approximate surface area is 301 Å². The first kappa shape index (κ1) is 48.3. The van der Waals surface area contributed by atoms with Crippen molar-refractivity contribution in [3.05, 3.63) is 12.7 Å². The van der Waals surface area contributed by atoms with E-state index in [4.69, 9.17) is 47.4 Å². The van der Waals surface area contributed by atoms with Gasteiger partial charge in [0.15, 0.2) is 0 Å². The van der Waals surface area contributed by atoms with Gasteiger partial charge in [-0.25, -0.2) is 0 Å². The SMILES string of the molecule is C=CCOCCOCCOCCOCCOCCOCCOCCOCCOCCOCCCCCCCCCCCCCCCCCC. The quantitative estimate of drug-likeness (QED) is 0.0466. The van der Waals surface area contributed by atoms with Gasteiger partial charge in [0.05, 0.1) is 126 Å². The molecule has 0 aliphatic rings. The predicted octanol–water partition coefficient (Wildman–Crippen LogP) is 7.60. The van der Waals surface area contributed by atoms with E-state index in [0.717, 1.165) is 13.0 Å². The molecule has 0 amide bonds. The maximum absolute atomic E-state index is 5.69. The minimum absolute atomic E-state index is 0.529. The molecular weight excluding hydrogens is 628 g/mol. The Balaban J connectivity index is 3.04. The normalized spacial score (nSPS) is 11.5. The molecule has 0 atom stereocenters. The van der Waals surface area contributed by atoms with Crippen LogP contribution < -0.4 is 0 Å². The number of ether oxygens (including phenoxy) is 10. The van der Waals surface area contributed by atoms with E-state index in [2.05, 4.69) is 13.5 Å². The standard InChI is InChI=1S/C39H78O10/c1-3-5-6-7-8-9-10-11-12-13-14-15-16-17-18-19-21-41-23-25-43-27-29-45-31-33-47-35-37-49-39-38-48-36-34-46-32-30-44-28-26-42-24-22-40-20-4-2/h4H,2-3,5-39H2,1H3. The zero-order chi connectivity index (χ0) is 35.2. The van der Waals surface area contributed by atoms with E-state index >= 15 is 0 Å². The Morgan fingerprint density at radius 3 is 0.714 bits per heavy atom. The van der Waals surface area contributed by atoms with Crippen molar-refractivity contribution >= 4 is 0 Å². The van der Waals surface area contributed by atoms with Crippen LogP contribution in [0.15, 0.2) is 12.7 Å². The van der Waals surface area contributed by atoms with E-state index in [0.29, 0.717) is 126 Å². The van der Waals surface area contributed by atoms with Crippen LogP contribution >= 0.6 is 0 Å².